The summed E-state index contributed by atoms with van der Waals surface area (Å²) in [5, 5.41) is 11.1. The Morgan fingerprint density at radius 1 is 1.38 bits per heavy atom. The van der Waals surface area contributed by atoms with Gasteiger partial charge in [0.2, 0.25) is 11.6 Å². The van der Waals surface area contributed by atoms with E-state index in [1.165, 1.54) is 24.3 Å². The molecule has 7 nitrogen and oxygen atoms in total. The van der Waals surface area contributed by atoms with Crippen molar-refractivity contribution in [1.29, 1.82) is 0 Å². The molecule has 1 heterocycles. The number of rotatable bonds is 4. The SMILES string of the molecule is CC(C)c1nc(N)cc(Oc2c(Cl)cccc2[N+](=O)[O-])n1. The predicted octanol–water partition coefficient (Wildman–Crippen LogP) is 3.54. The maximum absolute atomic E-state index is 11.0. The summed E-state index contributed by atoms with van der Waals surface area (Å²) in [6, 6.07) is 5.66. The van der Waals surface area contributed by atoms with E-state index in [9.17, 15) is 10.1 Å². The van der Waals surface area contributed by atoms with Gasteiger partial charge in [0.25, 0.3) is 0 Å². The van der Waals surface area contributed by atoms with Gasteiger partial charge in [-0.3, -0.25) is 10.1 Å². The lowest BCUT2D eigenvalue weighted by Crippen LogP contribution is -2.03. The number of ether oxygens (including phenoxy) is 1. The molecule has 0 bridgehead atoms. The van der Waals surface area contributed by atoms with Gasteiger partial charge in [-0.15, -0.1) is 0 Å². The second-order valence-electron chi connectivity index (χ2n) is 4.59. The number of anilines is 1. The van der Waals surface area contributed by atoms with Crippen LogP contribution in [0.4, 0.5) is 11.5 Å². The molecule has 0 unspecified atom stereocenters. The van der Waals surface area contributed by atoms with Crippen LogP contribution in [0.3, 0.4) is 0 Å². The van der Waals surface area contributed by atoms with E-state index in [1.807, 2.05) is 13.8 Å². The molecule has 110 valence electrons. The summed E-state index contributed by atoms with van der Waals surface area (Å²) >= 11 is 5.96. The Bertz CT molecular complexity index is 691. The van der Waals surface area contributed by atoms with Crippen LogP contribution in [0.1, 0.15) is 25.6 Å². The molecule has 0 radical (unpaired) electrons. The molecule has 0 fully saturated rings. The van der Waals surface area contributed by atoms with Crippen molar-refractivity contribution >= 4 is 23.1 Å². The topological polar surface area (TPSA) is 104 Å². The lowest BCUT2D eigenvalue weighted by molar-refractivity contribution is -0.385. The number of nitrogens with two attached hydrogens (primary N) is 1. The molecule has 21 heavy (non-hydrogen) atoms. The van der Waals surface area contributed by atoms with Crippen LogP contribution in [0, 0.1) is 10.1 Å². The highest BCUT2D eigenvalue weighted by Crippen LogP contribution is 2.37. The maximum atomic E-state index is 11.0. The highest BCUT2D eigenvalue weighted by atomic mass is 35.5. The zero-order valence-electron chi connectivity index (χ0n) is 11.4. The monoisotopic (exact) mass is 308 g/mol. The van der Waals surface area contributed by atoms with Crippen molar-refractivity contribution in [3.8, 4) is 11.6 Å². The highest BCUT2D eigenvalue weighted by Gasteiger charge is 2.20. The summed E-state index contributed by atoms with van der Waals surface area (Å²) < 4.78 is 5.47. The van der Waals surface area contributed by atoms with Gasteiger partial charge in [0.1, 0.15) is 11.6 Å². The molecule has 0 saturated heterocycles. The molecule has 0 aliphatic rings. The number of nitro groups is 1. The van der Waals surface area contributed by atoms with Crippen molar-refractivity contribution in [3.05, 3.63) is 45.2 Å². The normalized spacial score (nSPS) is 10.7. The number of nitrogen functional groups attached to an aromatic ring is 1. The van der Waals surface area contributed by atoms with Crippen LogP contribution in [-0.4, -0.2) is 14.9 Å². The van der Waals surface area contributed by atoms with Crippen molar-refractivity contribution in [1.82, 2.24) is 9.97 Å². The summed E-state index contributed by atoms with van der Waals surface area (Å²) in [4.78, 5) is 18.7. The van der Waals surface area contributed by atoms with Crippen LogP contribution in [0.25, 0.3) is 0 Å². The zero-order valence-corrected chi connectivity index (χ0v) is 12.2. The fourth-order valence-electron chi connectivity index (χ4n) is 1.62. The molecular formula is C13H13ClN4O3. The quantitative estimate of drug-likeness (QED) is 0.684. The smallest absolute Gasteiger partial charge is 0.313 e. The Hall–Kier alpha value is -2.41. The van der Waals surface area contributed by atoms with E-state index < -0.39 is 4.92 Å². The first-order chi connectivity index (χ1) is 9.88. The lowest BCUT2D eigenvalue weighted by Gasteiger charge is -2.10. The molecule has 0 saturated carbocycles. The van der Waals surface area contributed by atoms with E-state index in [4.69, 9.17) is 22.1 Å². The van der Waals surface area contributed by atoms with E-state index in [0.717, 1.165) is 0 Å². The second kappa shape index (κ2) is 5.92. The minimum atomic E-state index is -0.574. The minimum absolute atomic E-state index is 0.0390. The molecule has 2 aromatic rings. The Kier molecular flexibility index (Phi) is 4.23. The predicted molar refractivity (Wildman–Crippen MR) is 78.7 cm³/mol. The van der Waals surface area contributed by atoms with Gasteiger partial charge in [-0.25, -0.2) is 4.98 Å². The lowest BCUT2D eigenvalue weighted by atomic mass is 10.2. The van der Waals surface area contributed by atoms with Crippen LogP contribution >= 0.6 is 11.6 Å². The summed E-state index contributed by atoms with van der Waals surface area (Å²) in [6.07, 6.45) is 0. The summed E-state index contributed by atoms with van der Waals surface area (Å²) in [5.41, 5.74) is 5.44. The Morgan fingerprint density at radius 3 is 2.71 bits per heavy atom. The van der Waals surface area contributed by atoms with Crippen molar-refractivity contribution in [2.24, 2.45) is 0 Å². The van der Waals surface area contributed by atoms with Crippen LogP contribution in [-0.2, 0) is 0 Å². The Balaban J connectivity index is 2.45. The number of para-hydroxylation sites is 1. The first kappa shape index (κ1) is 15.0. The van der Waals surface area contributed by atoms with Gasteiger partial charge in [-0.2, -0.15) is 4.98 Å². The molecule has 0 atom stereocenters. The van der Waals surface area contributed by atoms with Crippen LogP contribution in [0.5, 0.6) is 11.6 Å². The van der Waals surface area contributed by atoms with E-state index in [0.29, 0.717) is 5.82 Å². The zero-order chi connectivity index (χ0) is 15.6. The van der Waals surface area contributed by atoms with E-state index in [-0.39, 0.29) is 34.1 Å². The van der Waals surface area contributed by atoms with Gasteiger partial charge < -0.3 is 10.5 Å². The molecule has 8 heteroatoms. The van der Waals surface area contributed by atoms with Crippen LogP contribution < -0.4 is 10.5 Å². The third-order valence-electron chi connectivity index (χ3n) is 2.61. The summed E-state index contributed by atoms with van der Waals surface area (Å²) in [6.45, 7) is 3.80. The van der Waals surface area contributed by atoms with Gasteiger partial charge in [0, 0.05) is 18.1 Å². The maximum Gasteiger partial charge on any atom is 0.313 e. The van der Waals surface area contributed by atoms with Gasteiger partial charge in [-0.05, 0) is 6.07 Å². The molecule has 1 aromatic heterocycles. The average molecular weight is 309 g/mol. The van der Waals surface area contributed by atoms with Crippen molar-refractivity contribution in [3.63, 3.8) is 0 Å². The molecule has 0 aliphatic heterocycles. The number of benzene rings is 1. The standard InChI is InChI=1S/C13H13ClN4O3/c1-7(2)13-16-10(15)6-11(17-13)21-12-8(14)4-3-5-9(12)18(19)20/h3-7H,1-2H3,(H2,15,16,17). The number of aromatic nitrogens is 2. The Morgan fingerprint density at radius 2 is 2.10 bits per heavy atom. The molecule has 2 rings (SSSR count). The number of hydrogen-bond donors (Lipinski definition) is 1. The highest BCUT2D eigenvalue weighted by molar-refractivity contribution is 6.32. The van der Waals surface area contributed by atoms with E-state index in [1.54, 1.807) is 0 Å². The average Bonchev–Trinajstić information content (AvgIpc) is 2.40. The third-order valence-corrected chi connectivity index (χ3v) is 2.90. The van der Waals surface area contributed by atoms with E-state index >= 15 is 0 Å². The molecule has 0 aliphatic carbocycles. The first-order valence-corrected chi connectivity index (χ1v) is 6.51. The molecule has 0 spiro atoms. The molecule has 1 aromatic carbocycles. The molecule has 2 N–H and O–H groups in total. The minimum Gasteiger partial charge on any atom is -0.430 e. The Labute approximate surface area is 125 Å². The third kappa shape index (κ3) is 3.38. The van der Waals surface area contributed by atoms with Crippen molar-refractivity contribution in [2.75, 3.05) is 5.73 Å². The summed E-state index contributed by atoms with van der Waals surface area (Å²) in [7, 11) is 0. The van der Waals surface area contributed by atoms with Gasteiger partial charge in [-0.1, -0.05) is 31.5 Å². The van der Waals surface area contributed by atoms with Crippen molar-refractivity contribution < 1.29 is 9.66 Å². The fraction of sp³-hybridized carbons (Fsp3) is 0.231. The summed E-state index contributed by atoms with van der Waals surface area (Å²) in [5.74, 6) is 0.787. The number of halogens is 1. The van der Waals surface area contributed by atoms with Gasteiger partial charge >= 0.3 is 5.69 Å². The molecular weight excluding hydrogens is 296 g/mol. The van der Waals surface area contributed by atoms with E-state index in [2.05, 4.69) is 9.97 Å². The van der Waals surface area contributed by atoms with Crippen molar-refractivity contribution in [2.45, 2.75) is 19.8 Å². The molecule has 0 amide bonds. The number of nitro benzene ring substituents is 1. The first-order valence-electron chi connectivity index (χ1n) is 6.13. The number of hydrogen-bond acceptors (Lipinski definition) is 6. The number of nitrogens with zero attached hydrogens (tertiary/aromatic N) is 3. The van der Waals surface area contributed by atoms with Gasteiger partial charge in [0.05, 0.1) is 9.95 Å². The fourth-order valence-corrected chi connectivity index (χ4v) is 1.83. The largest absolute Gasteiger partial charge is 0.430 e. The van der Waals surface area contributed by atoms with Gasteiger partial charge in [0.15, 0.2) is 0 Å². The second-order valence-corrected chi connectivity index (χ2v) is 5.00. The van der Waals surface area contributed by atoms with Crippen LogP contribution in [0.15, 0.2) is 24.3 Å². The van der Waals surface area contributed by atoms with Crippen LogP contribution in [0.2, 0.25) is 5.02 Å².